The lowest BCUT2D eigenvalue weighted by atomic mass is 10.2. The SMILES string of the molecule is CCN(CC)C(=O)C(=O)Nc1ccc2nc[nH]c2c1. The molecule has 0 radical (unpaired) electrons. The minimum Gasteiger partial charge on any atom is -0.345 e. The van der Waals surface area contributed by atoms with Gasteiger partial charge in [-0.25, -0.2) is 4.98 Å². The molecule has 6 nitrogen and oxygen atoms in total. The van der Waals surface area contributed by atoms with Crippen LogP contribution < -0.4 is 5.32 Å². The van der Waals surface area contributed by atoms with Crippen molar-refractivity contribution in [1.29, 1.82) is 0 Å². The first kappa shape index (κ1) is 13.1. The van der Waals surface area contributed by atoms with Gasteiger partial charge < -0.3 is 15.2 Å². The molecule has 0 bridgehead atoms. The van der Waals surface area contributed by atoms with E-state index < -0.39 is 11.8 Å². The first-order valence-corrected chi connectivity index (χ1v) is 6.19. The minimum absolute atomic E-state index is 0.516. The molecule has 2 amide bonds. The first-order valence-electron chi connectivity index (χ1n) is 6.19. The van der Waals surface area contributed by atoms with E-state index in [1.54, 1.807) is 24.5 Å². The Morgan fingerprint density at radius 1 is 1.32 bits per heavy atom. The third-order valence-corrected chi connectivity index (χ3v) is 2.92. The Morgan fingerprint density at radius 3 is 2.74 bits per heavy atom. The minimum atomic E-state index is -0.623. The molecule has 0 spiro atoms. The van der Waals surface area contributed by atoms with Crippen molar-refractivity contribution in [2.75, 3.05) is 18.4 Å². The van der Waals surface area contributed by atoms with E-state index >= 15 is 0 Å². The van der Waals surface area contributed by atoms with Gasteiger partial charge in [0.25, 0.3) is 0 Å². The lowest BCUT2D eigenvalue weighted by molar-refractivity contribution is -0.142. The summed E-state index contributed by atoms with van der Waals surface area (Å²) in [4.78, 5) is 32.1. The van der Waals surface area contributed by atoms with Gasteiger partial charge in [0.15, 0.2) is 0 Å². The second kappa shape index (κ2) is 5.51. The van der Waals surface area contributed by atoms with Gasteiger partial charge in [-0.15, -0.1) is 0 Å². The molecule has 0 saturated heterocycles. The summed E-state index contributed by atoms with van der Waals surface area (Å²) in [7, 11) is 0. The monoisotopic (exact) mass is 260 g/mol. The summed E-state index contributed by atoms with van der Waals surface area (Å²) in [6.07, 6.45) is 1.58. The summed E-state index contributed by atoms with van der Waals surface area (Å²) in [5.41, 5.74) is 2.20. The van der Waals surface area contributed by atoms with Crippen molar-refractivity contribution in [3.63, 3.8) is 0 Å². The Hall–Kier alpha value is -2.37. The van der Waals surface area contributed by atoms with Gasteiger partial charge in [0.2, 0.25) is 0 Å². The number of benzene rings is 1. The predicted molar refractivity (Wildman–Crippen MR) is 72.7 cm³/mol. The number of anilines is 1. The second-order valence-corrected chi connectivity index (χ2v) is 4.07. The maximum atomic E-state index is 11.8. The fraction of sp³-hybridized carbons (Fsp3) is 0.308. The summed E-state index contributed by atoms with van der Waals surface area (Å²) >= 11 is 0. The zero-order chi connectivity index (χ0) is 13.8. The number of aromatic amines is 1. The topological polar surface area (TPSA) is 78.1 Å². The van der Waals surface area contributed by atoms with Crippen LogP contribution in [0.25, 0.3) is 11.0 Å². The van der Waals surface area contributed by atoms with Gasteiger partial charge in [0, 0.05) is 18.8 Å². The number of imidazole rings is 1. The summed E-state index contributed by atoms with van der Waals surface area (Å²) < 4.78 is 0. The zero-order valence-corrected chi connectivity index (χ0v) is 10.9. The highest BCUT2D eigenvalue weighted by Crippen LogP contribution is 2.15. The number of nitrogens with zero attached hydrogens (tertiary/aromatic N) is 2. The summed E-state index contributed by atoms with van der Waals surface area (Å²) in [6.45, 7) is 4.71. The van der Waals surface area contributed by atoms with Crippen molar-refractivity contribution in [3.8, 4) is 0 Å². The molecule has 6 heteroatoms. The van der Waals surface area contributed by atoms with Crippen LogP contribution in [0.3, 0.4) is 0 Å². The van der Waals surface area contributed by atoms with E-state index in [0.29, 0.717) is 18.8 Å². The van der Waals surface area contributed by atoms with Gasteiger partial charge in [-0.05, 0) is 32.0 Å². The Bertz CT molecular complexity index is 601. The average Bonchev–Trinajstić information content (AvgIpc) is 2.87. The molecule has 0 fully saturated rings. The normalized spacial score (nSPS) is 10.4. The van der Waals surface area contributed by atoms with Gasteiger partial charge in [-0.1, -0.05) is 0 Å². The number of amides is 2. The van der Waals surface area contributed by atoms with Crippen LogP contribution in [0.5, 0.6) is 0 Å². The third kappa shape index (κ3) is 2.73. The van der Waals surface area contributed by atoms with Crippen molar-refractivity contribution in [2.24, 2.45) is 0 Å². The first-order chi connectivity index (χ1) is 9.15. The highest BCUT2D eigenvalue weighted by Gasteiger charge is 2.19. The number of carbonyl (C=O) groups is 2. The van der Waals surface area contributed by atoms with Crippen LogP contribution in [0.4, 0.5) is 5.69 Å². The largest absolute Gasteiger partial charge is 0.345 e. The van der Waals surface area contributed by atoms with Crippen molar-refractivity contribution in [3.05, 3.63) is 24.5 Å². The fourth-order valence-corrected chi connectivity index (χ4v) is 1.85. The van der Waals surface area contributed by atoms with Crippen LogP contribution in [0, 0.1) is 0 Å². The van der Waals surface area contributed by atoms with E-state index in [-0.39, 0.29) is 0 Å². The number of H-pyrrole nitrogens is 1. The second-order valence-electron chi connectivity index (χ2n) is 4.07. The molecule has 100 valence electrons. The van der Waals surface area contributed by atoms with Crippen LogP contribution >= 0.6 is 0 Å². The standard InChI is InChI=1S/C13H16N4O2/c1-3-17(4-2)13(19)12(18)16-9-5-6-10-11(7-9)15-8-14-10/h5-8H,3-4H2,1-2H3,(H,14,15)(H,16,18). The van der Waals surface area contributed by atoms with Gasteiger partial charge in [0.05, 0.1) is 17.4 Å². The molecular formula is C13H16N4O2. The van der Waals surface area contributed by atoms with Crippen LogP contribution in [-0.2, 0) is 9.59 Å². The van der Waals surface area contributed by atoms with Gasteiger partial charge in [0.1, 0.15) is 0 Å². The van der Waals surface area contributed by atoms with Crippen molar-refractivity contribution in [2.45, 2.75) is 13.8 Å². The molecule has 2 rings (SSSR count). The highest BCUT2D eigenvalue weighted by molar-refractivity contribution is 6.39. The van der Waals surface area contributed by atoms with Crippen LogP contribution in [-0.4, -0.2) is 39.8 Å². The predicted octanol–water partition coefficient (Wildman–Crippen LogP) is 1.37. The van der Waals surface area contributed by atoms with Crippen LogP contribution in [0.15, 0.2) is 24.5 Å². The molecule has 2 aromatic rings. The van der Waals surface area contributed by atoms with Gasteiger partial charge >= 0.3 is 11.8 Å². The van der Waals surface area contributed by atoms with Crippen LogP contribution in [0.2, 0.25) is 0 Å². The van der Waals surface area contributed by atoms with Gasteiger partial charge in [-0.2, -0.15) is 0 Å². The summed E-state index contributed by atoms with van der Waals surface area (Å²) in [5.74, 6) is -1.14. The molecular weight excluding hydrogens is 244 g/mol. The number of aromatic nitrogens is 2. The Kier molecular flexibility index (Phi) is 3.79. The number of rotatable bonds is 3. The van der Waals surface area contributed by atoms with E-state index in [1.807, 2.05) is 13.8 Å². The fourth-order valence-electron chi connectivity index (χ4n) is 1.85. The van der Waals surface area contributed by atoms with E-state index in [4.69, 9.17) is 0 Å². The lowest BCUT2D eigenvalue weighted by Crippen LogP contribution is -2.39. The average molecular weight is 260 g/mol. The molecule has 0 atom stereocenters. The number of fused-ring (bicyclic) bond motifs is 1. The molecule has 1 aromatic carbocycles. The summed E-state index contributed by atoms with van der Waals surface area (Å²) in [5, 5.41) is 2.59. The lowest BCUT2D eigenvalue weighted by Gasteiger charge is -2.17. The Morgan fingerprint density at radius 2 is 2.05 bits per heavy atom. The number of hydrogen-bond acceptors (Lipinski definition) is 3. The molecule has 0 saturated carbocycles. The van der Waals surface area contributed by atoms with Crippen molar-refractivity contribution >= 4 is 28.5 Å². The molecule has 19 heavy (non-hydrogen) atoms. The van der Waals surface area contributed by atoms with Crippen molar-refractivity contribution in [1.82, 2.24) is 14.9 Å². The number of likely N-dealkylation sites (N-methyl/N-ethyl adjacent to an activating group) is 1. The summed E-state index contributed by atoms with van der Waals surface area (Å²) in [6, 6.07) is 5.25. The van der Waals surface area contributed by atoms with Gasteiger partial charge in [-0.3, -0.25) is 9.59 Å². The Labute approximate surface area is 110 Å². The molecule has 0 aliphatic heterocycles. The molecule has 1 aromatic heterocycles. The molecule has 2 N–H and O–H groups in total. The van der Waals surface area contributed by atoms with Crippen molar-refractivity contribution < 1.29 is 9.59 Å². The van der Waals surface area contributed by atoms with E-state index in [2.05, 4.69) is 15.3 Å². The van der Waals surface area contributed by atoms with E-state index in [0.717, 1.165) is 11.0 Å². The highest BCUT2D eigenvalue weighted by atomic mass is 16.2. The Balaban J connectivity index is 2.11. The van der Waals surface area contributed by atoms with E-state index in [9.17, 15) is 9.59 Å². The number of hydrogen-bond donors (Lipinski definition) is 2. The number of nitrogens with one attached hydrogen (secondary N) is 2. The quantitative estimate of drug-likeness (QED) is 0.818. The maximum Gasteiger partial charge on any atom is 0.313 e. The number of carbonyl (C=O) groups excluding carboxylic acids is 2. The van der Waals surface area contributed by atoms with E-state index in [1.165, 1.54) is 4.90 Å². The van der Waals surface area contributed by atoms with Crippen LogP contribution in [0.1, 0.15) is 13.8 Å². The molecule has 0 aliphatic carbocycles. The molecule has 0 unspecified atom stereocenters. The molecule has 0 aliphatic rings. The smallest absolute Gasteiger partial charge is 0.313 e. The molecule has 1 heterocycles. The maximum absolute atomic E-state index is 11.8. The zero-order valence-electron chi connectivity index (χ0n) is 10.9. The third-order valence-electron chi connectivity index (χ3n) is 2.92.